The second kappa shape index (κ2) is 8.03. The van der Waals surface area contributed by atoms with Gasteiger partial charge in [-0.25, -0.2) is 0 Å². The van der Waals surface area contributed by atoms with Crippen LogP contribution in [0.4, 0.5) is 0 Å². The van der Waals surface area contributed by atoms with Gasteiger partial charge >= 0.3 is 5.97 Å². The van der Waals surface area contributed by atoms with Crippen LogP contribution in [-0.2, 0) is 9.59 Å². The molecule has 0 aliphatic heterocycles. The molecule has 0 aromatic carbocycles. The van der Waals surface area contributed by atoms with Crippen molar-refractivity contribution in [1.82, 2.24) is 5.32 Å². The maximum absolute atomic E-state index is 11.1. The third-order valence-corrected chi connectivity index (χ3v) is 1.79. The molecule has 0 aromatic heterocycles. The van der Waals surface area contributed by atoms with Crippen molar-refractivity contribution in [3.63, 3.8) is 0 Å². The van der Waals surface area contributed by atoms with E-state index in [1.54, 1.807) is 6.08 Å². The zero-order valence-corrected chi connectivity index (χ0v) is 9.38. The number of carboxylic acid groups (broad SMARTS) is 1. The van der Waals surface area contributed by atoms with E-state index in [0.29, 0.717) is 13.0 Å². The number of allylic oxidation sites excluding steroid dienone is 1. The maximum atomic E-state index is 11.1. The molecule has 0 saturated heterocycles. The molecular weight excluding hydrogens is 194 g/mol. The van der Waals surface area contributed by atoms with Crippen molar-refractivity contribution in [3.8, 4) is 0 Å². The van der Waals surface area contributed by atoms with Gasteiger partial charge in [-0.3, -0.25) is 9.59 Å². The number of amides is 1. The molecule has 0 aliphatic rings. The Bertz CT molecular complexity index is 242. The van der Waals surface area contributed by atoms with Crippen molar-refractivity contribution in [2.75, 3.05) is 6.54 Å². The van der Waals surface area contributed by atoms with Crippen LogP contribution in [0.2, 0.25) is 0 Å². The monoisotopic (exact) mass is 213 g/mol. The normalized spacial score (nSPS) is 9.47. The van der Waals surface area contributed by atoms with Gasteiger partial charge in [0.1, 0.15) is 0 Å². The predicted octanol–water partition coefficient (Wildman–Crippen LogP) is 1.71. The smallest absolute Gasteiger partial charge is 0.303 e. The summed E-state index contributed by atoms with van der Waals surface area (Å²) in [5.41, 5.74) is 0.971. The molecular formula is C11H19NO3. The molecule has 0 unspecified atom stereocenters. The number of unbranched alkanes of at least 4 members (excludes halogenated alkanes) is 2. The molecule has 0 aromatic rings. The minimum atomic E-state index is -0.761. The first-order chi connectivity index (χ1) is 7.02. The standard InChI is InChI=1S/C11H19NO3/c1-9(2)8-10(13)12-7-5-3-4-6-11(14)15/h8H,3-7H2,1-2H3,(H,12,13)(H,14,15). The van der Waals surface area contributed by atoms with Crippen LogP contribution in [0.1, 0.15) is 39.5 Å². The van der Waals surface area contributed by atoms with E-state index >= 15 is 0 Å². The van der Waals surface area contributed by atoms with Crippen LogP contribution >= 0.6 is 0 Å². The quantitative estimate of drug-likeness (QED) is 0.500. The van der Waals surface area contributed by atoms with Gasteiger partial charge in [0.05, 0.1) is 0 Å². The van der Waals surface area contributed by atoms with Crippen molar-refractivity contribution in [1.29, 1.82) is 0 Å². The summed E-state index contributed by atoms with van der Waals surface area (Å²) < 4.78 is 0. The zero-order valence-electron chi connectivity index (χ0n) is 9.38. The Morgan fingerprint density at radius 1 is 1.20 bits per heavy atom. The Kier molecular flexibility index (Phi) is 7.32. The Hall–Kier alpha value is -1.32. The van der Waals surface area contributed by atoms with E-state index in [9.17, 15) is 9.59 Å². The Balaban J connectivity index is 3.35. The van der Waals surface area contributed by atoms with Crippen LogP contribution in [0.3, 0.4) is 0 Å². The molecule has 2 N–H and O–H groups in total. The van der Waals surface area contributed by atoms with Crippen molar-refractivity contribution in [2.45, 2.75) is 39.5 Å². The average molecular weight is 213 g/mol. The molecule has 1 amide bonds. The second-order valence-corrected chi connectivity index (χ2v) is 3.72. The highest BCUT2D eigenvalue weighted by Crippen LogP contribution is 1.98. The van der Waals surface area contributed by atoms with Crippen molar-refractivity contribution < 1.29 is 14.7 Å². The minimum absolute atomic E-state index is 0.0757. The molecule has 86 valence electrons. The van der Waals surface area contributed by atoms with E-state index in [1.165, 1.54) is 0 Å². The predicted molar refractivity (Wildman–Crippen MR) is 58.5 cm³/mol. The molecule has 0 saturated carbocycles. The molecule has 15 heavy (non-hydrogen) atoms. The molecule has 0 atom stereocenters. The first-order valence-electron chi connectivity index (χ1n) is 5.17. The lowest BCUT2D eigenvalue weighted by Gasteiger charge is -2.01. The molecule has 0 rings (SSSR count). The fraction of sp³-hybridized carbons (Fsp3) is 0.636. The number of hydrogen-bond acceptors (Lipinski definition) is 2. The SMILES string of the molecule is CC(C)=CC(=O)NCCCCCC(=O)O. The number of nitrogens with one attached hydrogen (secondary N) is 1. The number of carbonyl (C=O) groups excluding carboxylic acids is 1. The first kappa shape index (κ1) is 13.7. The third-order valence-electron chi connectivity index (χ3n) is 1.79. The number of carbonyl (C=O) groups is 2. The summed E-state index contributed by atoms with van der Waals surface area (Å²) in [5.74, 6) is -0.836. The highest BCUT2D eigenvalue weighted by molar-refractivity contribution is 5.87. The fourth-order valence-corrected chi connectivity index (χ4v) is 1.10. The number of hydrogen-bond donors (Lipinski definition) is 2. The lowest BCUT2D eigenvalue weighted by atomic mass is 10.2. The molecule has 0 heterocycles. The third kappa shape index (κ3) is 10.6. The van der Waals surface area contributed by atoms with E-state index < -0.39 is 5.97 Å². The van der Waals surface area contributed by atoms with Gasteiger partial charge in [-0.2, -0.15) is 0 Å². The van der Waals surface area contributed by atoms with Crippen LogP contribution in [0.25, 0.3) is 0 Å². The summed E-state index contributed by atoms with van der Waals surface area (Å²) >= 11 is 0. The van der Waals surface area contributed by atoms with Gasteiger partial charge in [0.15, 0.2) is 0 Å². The van der Waals surface area contributed by atoms with Gasteiger partial charge in [-0.15, -0.1) is 0 Å². The molecule has 0 fully saturated rings. The highest BCUT2D eigenvalue weighted by atomic mass is 16.4. The first-order valence-corrected chi connectivity index (χ1v) is 5.17. The van der Waals surface area contributed by atoms with Gasteiger partial charge in [-0.05, 0) is 26.7 Å². The van der Waals surface area contributed by atoms with Crippen LogP contribution in [0.5, 0.6) is 0 Å². The summed E-state index contributed by atoms with van der Waals surface area (Å²) in [6, 6.07) is 0. The van der Waals surface area contributed by atoms with Gasteiger partial charge < -0.3 is 10.4 Å². The van der Waals surface area contributed by atoms with Crippen molar-refractivity contribution in [3.05, 3.63) is 11.6 Å². The average Bonchev–Trinajstić information content (AvgIpc) is 2.09. The topological polar surface area (TPSA) is 66.4 Å². The zero-order chi connectivity index (χ0) is 11.7. The van der Waals surface area contributed by atoms with Gasteiger partial charge in [0.25, 0.3) is 0 Å². The van der Waals surface area contributed by atoms with E-state index in [1.807, 2.05) is 13.8 Å². The Labute approximate surface area is 90.4 Å². The van der Waals surface area contributed by atoms with E-state index in [4.69, 9.17) is 5.11 Å². The molecule has 0 radical (unpaired) electrons. The molecule has 4 heteroatoms. The molecule has 4 nitrogen and oxygen atoms in total. The summed E-state index contributed by atoms with van der Waals surface area (Å²) in [4.78, 5) is 21.3. The van der Waals surface area contributed by atoms with Gasteiger partial charge in [-0.1, -0.05) is 12.0 Å². The number of aliphatic carboxylic acids is 1. The van der Waals surface area contributed by atoms with Crippen LogP contribution in [0.15, 0.2) is 11.6 Å². The molecule has 0 spiro atoms. The summed E-state index contributed by atoms with van der Waals surface area (Å²) in [5, 5.41) is 11.1. The molecule has 0 bridgehead atoms. The van der Waals surface area contributed by atoms with E-state index in [0.717, 1.165) is 18.4 Å². The number of carboxylic acids is 1. The van der Waals surface area contributed by atoms with Crippen LogP contribution < -0.4 is 5.32 Å². The Morgan fingerprint density at radius 3 is 2.40 bits per heavy atom. The summed E-state index contributed by atoms with van der Waals surface area (Å²) in [6.45, 7) is 4.35. The summed E-state index contributed by atoms with van der Waals surface area (Å²) in [7, 11) is 0. The lowest BCUT2D eigenvalue weighted by molar-refractivity contribution is -0.137. The van der Waals surface area contributed by atoms with Crippen LogP contribution in [0, 0.1) is 0 Å². The number of rotatable bonds is 7. The highest BCUT2D eigenvalue weighted by Gasteiger charge is 1.97. The molecule has 0 aliphatic carbocycles. The Morgan fingerprint density at radius 2 is 1.87 bits per heavy atom. The second-order valence-electron chi connectivity index (χ2n) is 3.72. The van der Waals surface area contributed by atoms with E-state index in [-0.39, 0.29) is 12.3 Å². The van der Waals surface area contributed by atoms with E-state index in [2.05, 4.69) is 5.32 Å². The summed E-state index contributed by atoms with van der Waals surface area (Å²) in [6.07, 6.45) is 4.10. The van der Waals surface area contributed by atoms with Crippen molar-refractivity contribution in [2.24, 2.45) is 0 Å². The van der Waals surface area contributed by atoms with Gasteiger partial charge in [0.2, 0.25) is 5.91 Å². The minimum Gasteiger partial charge on any atom is -0.481 e. The van der Waals surface area contributed by atoms with Crippen molar-refractivity contribution >= 4 is 11.9 Å². The van der Waals surface area contributed by atoms with Gasteiger partial charge in [0, 0.05) is 19.0 Å². The fourth-order valence-electron chi connectivity index (χ4n) is 1.10. The van der Waals surface area contributed by atoms with Crippen LogP contribution in [-0.4, -0.2) is 23.5 Å². The lowest BCUT2D eigenvalue weighted by Crippen LogP contribution is -2.22. The largest absolute Gasteiger partial charge is 0.481 e. The maximum Gasteiger partial charge on any atom is 0.303 e.